The van der Waals surface area contributed by atoms with E-state index in [4.69, 9.17) is 4.74 Å². The third-order valence-corrected chi connectivity index (χ3v) is 4.97. The lowest BCUT2D eigenvalue weighted by atomic mass is 10.0. The van der Waals surface area contributed by atoms with Crippen molar-refractivity contribution in [1.29, 1.82) is 0 Å². The fraction of sp³-hybridized carbons (Fsp3) is 0.350. The Hall–Kier alpha value is -3.10. The highest BCUT2D eigenvalue weighted by molar-refractivity contribution is 5.48. The number of ether oxygens (including phenoxy) is 1. The van der Waals surface area contributed by atoms with Gasteiger partial charge in [-0.25, -0.2) is 4.79 Å². The first kappa shape index (κ1) is 19.2. The van der Waals surface area contributed by atoms with Gasteiger partial charge in [-0.3, -0.25) is 0 Å². The summed E-state index contributed by atoms with van der Waals surface area (Å²) in [5.41, 5.74) is 1.46. The van der Waals surface area contributed by atoms with Crippen LogP contribution >= 0.6 is 0 Å². The van der Waals surface area contributed by atoms with Gasteiger partial charge < -0.3 is 4.74 Å². The summed E-state index contributed by atoms with van der Waals surface area (Å²) in [4.78, 5) is 12.3. The molecule has 1 aliphatic rings. The molecule has 0 N–H and O–H groups in total. The van der Waals surface area contributed by atoms with Crippen molar-refractivity contribution in [2.45, 2.75) is 38.5 Å². The average Bonchev–Trinajstić information content (AvgIpc) is 3.45. The summed E-state index contributed by atoms with van der Waals surface area (Å²) < 4.78 is 48.0. The molecule has 0 aliphatic heterocycles. The smallest absolute Gasteiger partial charge is 0.419 e. The van der Waals surface area contributed by atoms with Gasteiger partial charge in [0.15, 0.2) is 0 Å². The molecule has 4 rings (SSSR count). The molecule has 2 aromatic carbocycles. The molecule has 0 atom stereocenters. The number of aryl methyl sites for hydroxylation is 2. The van der Waals surface area contributed by atoms with Crippen LogP contribution in [-0.2, 0) is 19.8 Å². The summed E-state index contributed by atoms with van der Waals surface area (Å²) in [6, 6.07) is 9.21. The van der Waals surface area contributed by atoms with Gasteiger partial charge in [0.2, 0.25) is 0 Å². The van der Waals surface area contributed by atoms with Gasteiger partial charge in [-0.2, -0.15) is 22.5 Å². The van der Waals surface area contributed by atoms with Crippen molar-refractivity contribution < 1.29 is 17.9 Å². The SMILES string of the molecule is Cc1ccc(C(F)(F)F)c(OCc2c(C3CC3)cccc2-n2nnn(C)c2=O)c1. The Labute approximate surface area is 164 Å². The van der Waals surface area contributed by atoms with Gasteiger partial charge in [0.1, 0.15) is 12.4 Å². The highest BCUT2D eigenvalue weighted by atomic mass is 19.4. The van der Waals surface area contributed by atoms with Crippen LogP contribution in [0.1, 0.15) is 41.0 Å². The van der Waals surface area contributed by atoms with E-state index < -0.39 is 17.4 Å². The Morgan fingerprint density at radius 3 is 2.55 bits per heavy atom. The number of halogens is 3. The molecule has 1 saturated carbocycles. The zero-order valence-corrected chi connectivity index (χ0v) is 15.9. The topological polar surface area (TPSA) is 61.9 Å². The summed E-state index contributed by atoms with van der Waals surface area (Å²) in [7, 11) is 1.48. The number of hydrogen-bond acceptors (Lipinski definition) is 4. The van der Waals surface area contributed by atoms with Crippen LogP contribution in [-0.4, -0.2) is 19.8 Å². The van der Waals surface area contributed by atoms with E-state index in [1.165, 1.54) is 19.2 Å². The third-order valence-electron chi connectivity index (χ3n) is 4.97. The van der Waals surface area contributed by atoms with Crippen LogP contribution in [0, 0.1) is 6.92 Å². The van der Waals surface area contributed by atoms with Crippen molar-refractivity contribution in [2.75, 3.05) is 0 Å². The first-order chi connectivity index (χ1) is 13.8. The Kier molecular flexibility index (Phi) is 4.68. The molecule has 0 amide bonds. The van der Waals surface area contributed by atoms with Crippen molar-refractivity contribution in [3.8, 4) is 11.4 Å². The molecule has 1 aliphatic carbocycles. The first-order valence-corrected chi connectivity index (χ1v) is 9.17. The van der Waals surface area contributed by atoms with Gasteiger partial charge in [-0.1, -0.05) is 18.2 Å². The van der Waals surface area contributed by atoms with Crippen LogP contribution in [0.5, 0.6) is 5.75 Å². The fourth-order valence-electron chi connectivity index (χ4n) is 3.32. The number of rotatable bonds is 5. The molecule has 1 aromatic heterocycles. The normalized spacial score (nSPS) is 14.2. The maximum absolute atomic E-state index is 13.4. The molecule has 0 saturated heterocycles. The molecule has 6 nitrogen and oxygen atoms in total. The maximum Gasteiger partial charge on any atom is 0.419 e. The summed E-state index contributed by atoms with van der Waals surface area (Å²) >= 11 is 0. The molecular weight excluding hydrogens is 385 g/mol. The first-order valence-electron chi connectivity index (χ1n) is 9.17. The molecule has 0 spiro atoms. The third kappa shape index (κ3) is 3.76. The molecule has 0 unspecified atom stereocenters. The van der Waals surface area contributed by atoms with Gasteiger partial charge in [0, 0.05) is 12.6 Å². The number of benzene rings is 2. The van der Waals surface area contributed by atoms with Gasteiger partial charge in [-0.15, -0.1) is 0 Å². The highest BCUT2D eigenvalue weighted by Gasteiger charge is 2.35. The summed E-state index contributed by atoms with van der Waals surface area (Å²) in [6.07, 6.45) is -2.54. The minimum absolute atomic E-state index is 0.114. The van der Waals surface area contributed by atoms with Gasteiger partial charge in [0.25, 0.3) is 0 Å². The van der Waals surface area contributed by atoms with E-state index in [0.29, 0.717) is 22.7 Å². The van der Waals surface area contributed by atoms with E-state index in [-0.39, 0.29) is 12.4 Å². The van der Waals surface area contributed by atoms with Crippen molar-refractivity contribution >= 4 is 0 Å². The molecule has 3 aromatic rings. The molecule has 0 radical (unpaired) electrons. The van der Waals surface area contributed by atoms with Gasteiger partial charge in [-0.05, 0) is 65.4 Å². The number of tetrazole rings is 1. The van der Waals surface area contributed by atoms with E-state index in [1.54, 1.807) is 19.1 Å². The summed E-state index contributed by atoms with van der Waals surface area (Å²) in [5.74, 6) is 0.0704. The van der Waals surface area contributed by atoms with Crippen LogP contribution in [0.3, 0.4) is 0 Å². The lowest BCUT2D eigenvalue weighted by Gasteiger charge is -2.18. The Morgan fingerprint density at radius 1 is 1.17 bits per heavy atom. The Morgan fingerprint density at radius 2 is 1.93 bits per heavy atom. The number of alkyl halides is 3. The van der Waals surface area contributed by atoms with Crippen LogP contribution in [0.25, 0.3) is 5.69 Å². The molecular formula is C20H19F3N4O2. The largest absolute Gasteiger partial charge is 0.488 e. The van der Waals surface area contributed by atoms with Crippen molar-refractivity contribution in [1.82, 2.24) is 19.8 Å². The second-order valence-electron chi connectivity index (χ2n) is 7.20. The maximum atomic E-state index is 13.4. The van der Waals surface area contributed by atoms with Gasteiger partial charge in [0.05, 0.1) is 11.3 Å². The van der Waals surface area contributed by atoms with Crippen molar-refractivity contribution in [3.05, 3.63) is 69.1 Å². The van der Waals surface area contributed by atoms with E-state index >= 15 is 0 Å². The zero-order chi connectivity index (χ0) is 20.8. The predicted molar refractivity (Wildman–Crippen MR) is 99.1 cm³/mol. The quantitative estimate of drug-likeness (QED) is 0.650. The number of nitrogens with zero attached hydrogens (tertiary/aromatic N) is 4. The van der Waals surface area contributed by atoms with E-state index in [9.17, 15) is 18.0 Å². The molecule has 9 heteroatoms. The summed E-state index contributed by atoms with van der Waals surface area (Å²) in [6.45, 7) is 1.59. The average molecular weight is 404 g/mol. The van der Waals surface area contributed by atoms with E-state index in [0.717, 1.165) is 33.8 Å². The molecule has 0 bridgehead atoms. The minimum atomic E-state index is -4.52. The van der Waals surface area contributed by atoms with Crippen LogP contribution in [0.15, 0.2) is 41.2 Å². The summed E-state index contributed by atoms with van der Waals surface area (Å²) in [5, 5.41) is 7.60. The minimum Gasteiger partial charge on any atom is -0.488 e. The van der Waals surface area contributed by atoms with Gasteiger partial charge >= 0.3 is 11.9 Å². The monoisotopic (exact) mass is 404 g/mol. The zero-order valence-electron chi connectivity index (χ0n) is 15.9. The molecule has 152 valence electrons. The fourth-order valence-corrected chi connectivity index (χ4v) is 3.32. The number of aromatic nitrogens is 4. The van der Waals surface area contributed by atoms with E-state index in [2.05, 4.69) is 10.4 Å². The number of hydrogen-bond donors (Lipinski definition) is 0. The predicted octanol–water partition coefficient (Wildman–Crippen LogP) is 3.75. The standard InChI is InChI=1S/C20H19F3N4O2/c1-12-6-9-16(20(21,22)23)18(10-12)29-11-15-14(13-7-8-13)4-3-5-17(15)27-19(28)26(2)24-25-27/h3-6,9-10,13H,7-8,11H2,1-2H3. The molecule has 29 heavy (non-hydrogen) atoms. The van der Waals surface area contributed by atoms with E-state index in [1.807, 2.05) is 6.07 Å². The van der Waals surface area contributed by atoms with Crippen LogP contribution in [0.4, 0.5) is 13.2 Å². The second-order valence-corrected chi connectivity index (χ2v) is 7.20. The molecule has 1 heterocycles. The Balaban J connectivity index is 1.76. The van der Waals surface area contributed by atoms with Crippen LogP contribution in [0.2, 0.25) is 0 Å². The lowest BCUT2D eigenvalue weighted by Crippen LogP contribution is -2.23. The van der Waals surface area contributed by atoms with Crippen molar-refractivity contribution in [2.24, 2.45) is 7.05 Å². The lowest BCUT2D eigenvalue weighted by molar-refractivity contribution is -0.139. The van der Waals surface area contributed by atoms with Crippen molar-refractivity contribution in [3.63, 3.8) is 0 Å². The second kappa shape index (κ2) is 7.06. The highest BCUT2D eigenvalue weighted by Crippen LogP contribution is 2.43. The molecule has 1 fully saturated rings. The Bertz CT molecular complexity index is 1110. The van der Waals surface area contributed by atoms with Crippen LogP contribution < -0.4 is 10.4 Å².